The molecule has 3 rings (SSSR count). The van der Waals surface area contributed by atoms with Gasteiger partial charge in [0.2, 0.25) is 10.0 Å². The number of nitrogens with zero attached hydrogens (tertiary/aromatic N) is 3. The summed E-state index contributed by atoms with van der Waals surface area (Å²) in [7, 11) is -3.65. The van der Waals surface area contributed by atoms with E-state index in [4.69, 9.17) is 11.6 Å². The number of carbonyl (C=O) groups is 1. The molecule has 0 aliphatic carbocycles. The van der Waals surface area contributed by atoms with E-state index in [-0.39, 0.29) is 16.7 Å². The molecule has 0 saturated heterocycles. The summed E-state index contributed by atoms with van der Waals surface area (Å²) in [5.74, 6) is -0.000740. The van der Waals surface area contributed by atoms with Crippen LogP contribution in [-0.2, 0) is 16.6 Å². The van der Waals surface area contributed by atoms with Crippen molar-refractivity contribution in [2.75, 3.05) is 13.1 Å². The number of benzene rings is 2. The first-order valence-corrected chi connectivity index (χ1v) is 14.1. The van der Waals surface area contributed by atoms with Crippen LogP contribution < -0.4 is 4.80 Å². The first-order chi connectivity index (χ1) is 15.9. The molecule has 0 spiro atoms. The lowest BCUT2D eigenvalue weighted by Gasteiger charge is -2.25. The number of fused-ring (bicyclic) bond motifs is 1. The summed E-state index contributed by atoms with van der Waals surface area (Å²) in [5.41, 5.74) is 2.38. The topological polar surface area (TPSA) is 71.7 Å². The van der Waals surface area contributed by atoms with E-state index in [1.54, 1.807) is 0 Å². The third kappa shape index (κ3) is 5.79. The number of thiazole rings is 1. The molecule has 0 N–H and O–H groups in total. The van der Waals surface area contributed by atoms with Crippen LogP contribution >= 0.6 is 22.9 Å². The summed E-state index contributed by atoms with van der Waals surface area (Å²) < 4.78 is 30.9. The zero-order chi connectivity index (χ0) is 25.2. The van der Waals surface area contributed by atoms with Gasteiger partial charge in [0, 0.05) is 30.2 Å². The van der Waals surface area contributed by atoms with Crippen LogP contribution in [-0.4, -0.2) is 36.3 Å². The number of sulfonamides is 1. The largest absolute Gasteiger partial charge is 0.316 e. The van der Waals surface area contributed by atoms with E-state index in [2.05, 4.69) is 4.99 Å². The number of hydrogen-bond acceptors (Lipinski definition) is 4. The highest BCUT2D eigenvalue weighted by molar-refractivity contribution is 7.89. The highest BCUT2D eigenvalue weighted by Crippen LogP contribution is 2.26. The second-order valence-electron chi connectivity index (χ2n) is 9.25. The summed E-state index contributed by atoms with van der Waals surface area (Å²) in [5, 5.41) is 0.646. The van der Waals surface area contributed by atoms with E-state index < -0.39 is 15.9 Å². The van der Waals surface area contributed by atoms with E-state index in [0.29, 0.717) is 35.0 Å². The van der Waals surface area contributed by atoms with Crippen molar-refractivity contribution in [3.05, 3.63) is 57.3 Å². The van der Waals surface area contributed by atoms with Gasteiger partial charge in [0.15, 0.2) is 4.80 Å². The Bertz CT molecular complexity index is 1340. The quantitative estimate of drug-likeness (QED) is 0.380. The zero-order valence-corrected chi connectivity index (χ0v) is 22.9. The molecule has 0 radical (unpaired) electrons. The molecule has 34 heavy (non-hydrogen) atoms. The monoisotopic (exact) mass is 521 g/mol. The fourth-order valence-electron chi connectivity index (χ4n) is 3.91. The van der Waals surface area contributed by atoms with Gasteiger partial charge in [-0.05, 0) is 67.6 Å². The lowest BCUT2D eigenvalue weighted by Crippen LogP contribution is -2.37. The van der Waals surface area contributed by atoms with Gasteiger partial charge in [0.05, 0.1) is 15.1 Å². The zero-order valence-electron chi connectivity index (χ0n) is 20.5. The second-order valence-corrected chi connectivity index (χ2v) is 12.6. The maximum absolute atomic E-state index is 13.2. The van der Waals surface area contributed by atoms with Crippen molar-refractivity contribution in [1.82, 2.24) is 8.87 Å². The van der Waals surface area contributed by atoms with Gasteiger partial charge >= 0.3 is 0 Å². The smallest absolute Gasteiger partial charge is 0.279 e. The van der Waals surface area contributed by atoms with Gasteiger partial charge in [0.25, 0.3) is 5.91 Å². The SMILES string of the molecule is CCn1c(=NC(=O)c2ccc(S(=O)(=O)N(CC(C)C)CC(C)C)cc2)sc2cc(Cl)cc(C)c21. The highest BCUT2D eigenvalue weighted by atomic mass is 35.5. The van der Waals surface area contributed by atoms with Crippen LogP contribution in [0.4, 0.5) is 0 Å². The van der Waals surface area contributed by atoms with Crippen molar-refractivity contribution in [1.29, 1.82) is 0 Å². The number of hydrogen-bond donors (Lipinski definition) is 0. The number of amides is 1. The Morgan fingerprint density at radius 3 is 2.21 bits per heavy atom. The van der Waals surface area contributed by atoms with Crippen LogP contribution in [0.2, 0.25) is 5.02 Å². The highest BCUT2D eigenvalue weighted by Gasteiger charge is 2.26. The maximum Gasteiger partial charge on any atom is 0.279 e. The number of rotatable bonds is 8. The van der Waals surface area contributed by atoms with Gasteiger partial charge in [-0.1, -0.05) is 50.6 Å². The Kier molecular flexibility index (Phi) is 8.39. The third-order valence-corrected chi connectivity index (χ3v) is 8.41. The van der Waals surface area contributed by atoms with Crippen LogP contribution in [0.15, 0.2) is 46.3 Å². The molecule has 184 valence electrons. The summed E-state index contributed by atoms with van der Waals surface area (Å²) in [6, 6.07) is 9.84. The number of aryl methyl sites for hydroxylation is 2. The van der Waals surface area contributed by atoms with Crippen LogP contribution in [0.1, 0.15) is 50.5 Å². The molecule has 0 aliphatic heterocycles. The lowest BCUT2D eigenvalue weighted by molar-refractivity contribution is 0.0997. The van der Waals surface area contributed by atoms with E-state index in [1.807, 2.05) is 58.2 Å². The van der Waals surface area contributed by atoms with Crippen molar-refractivity contribution in [2.24, 2.45) is 16.8 Å². The average Bonchev–Trinajstić information content (AvgIpc) is 3.09. The fourth-order valence-corrected chi connectivity index (χ4v) is 7.22. The van der Waals surface area contributed by atoms with Crippen LogP contribution in [0.5, 0.6) is 0 Å². The van der Waals surface area contributed by atoms with E-state index >= 15 is 0 Å². The Labute approximate surface area is 211 Å². The molecule has 1 aromatic heterocycles. The minimum Gasteiger partial charge on any atom is -0.316 e. The summed E-state index contributed by atoms with van der Waals surface area (Å²) in [6.07, 6.45) is 0. The molecule has 0 atom stereocenters. The van der Waals surface area contributed by atoms with E-state index in [1.165, 1.54) is 39.9 Å². The third-order valence-electron chi connectivity index (χ3n) is 5.32. The van der Waals surface area contributed by atoms with Gasteiger partial charge in [-0.15, -0.1) is 0 Å². The molecule has 3 aromatic rings. The second kappa shape index (κ2) is 10.7. The van der Waals surface area contributed by atoms with Gasteiger partial charge < -0.3 is 4.57 Å². The van der Waals surface area contributed by atoms with Crippen LogP contribution in [0, 0.1) is 18.8 Å². The van der Waals surface area contributed by atoms with E-state index in [0.717, 1.165) is 15.8 Å². The summed E-state index contributed by atoms with van der Waals surface area (Å²) in [6.45, 7) is 13.5. The minimum atomic E-state index is -3.65. The van der Waals surface area contributed by atoms with E-state index in [9.17, 15) is 13.2 Å². The Hall–Kier alpha value is -2.00. The molecule has 6 nitrogen and oxygen atoms in total. The molecule has 0 aliphatic rings. The summed E-state index contributed by atoms with van der Waals surface area (Å²) in [4.78, 5) is 18.1. The van der Waals surface area contributed by atoms with Crippen molar-refractivity contribution < 1.29 is 13.2 Å². The standard InChI is InChI=1S/C25H32ClN3O3S2/c1-7-29-23-18(6)12-20(26)13-22(23)33-25(29)27-24(30)19-8-10-21(11-9-19)34(31,32)28(14-16(2)3)15-17(4)5/h8-13,16-17H,7,14-15H2,1-6H3. The minimum absolute atomic E-state index is 0.182. The molecule has 1 amide bonds. The average molecular weight is 522 g/mol. The molecule has 0 unspecified atom stereocenters. The van der Waals surface area contributed by atoms with Crippen molar-refractivity contribution in [3.8, 4) is 0 Å². The normalized spacial score (nSPS) is 13.1. The molecule has 0 saturated carbocycles. The molecule has 1 heterocycles. The molecular weight excluding hydrogens is 490 g/mol. The fraction of sp³-hybridized carbons (Fsp3) is 0.440. The number of aromatic nitrogens is 1. The van der Waals surface area contributed by atoms with Crippen molar-refractivity contribution in [2.45, 2.75) is 53.0 Å². The molecule has 0 bridgehead atoms. The Morgan fingerprint density at radius 2 is 1.68 bits per heavy atom. The van der Waals surface area contributed by atoms with Gasteiger partial charge in [0.1, 0.15) is 0 Å². The van der Waals surface area contributed by atoms with Crippen molar-refractivity contribution >= 4 is 49.1 Å². The Balaban J connectivity index is 1.95. The summed E-state index contributed by atoms with van der Waals surface area (Å²) >= 11 is 7.62. The molecule has 0 fully saturated rings. The first-order valence-electron chi connectivity index (χ1n) is 11.4. The first kappa shape index (κ1) is 26.6. The molecule has 2 aromatic carbocycles. The van der Waals surface area contributed by atoms with Crippen LogP contribution in [0.25, 0.3) is 10.2 Å². The molecular formula is C25H32ClN3O3S2. The molecule has 9 heteroatoms. The number of carbonyl (C=O) groups excluding carboxylic acids is 1. The van der Waals surface area contributed by atoms with Gasteiger partial charge in [-0.3, -0.25) is 4.79 Å². The van der Waals surface area contributed by atoms with Gasteiger partial charge in [-0.2, -0.15) is 9.30 Å². The number of halogens is 1. The predicted octanol–water partition coefficient (Wildman–Crippen LogP) is 5.73. The van der Waals surface area contributed by atoms with Gasteiger partial charge in [-0.25, -0.2) is 8.42 Å². The van der Waals surface area contributed by atoms with Crippen molar-refractivity contribution in [3.63, 3.8) is 0 Å². The maximum atomic E-state index is 13.2. The van der Waals surface area contributed by atoms with Crippen LogP contribution in [0.3, 0.4) is 0 Å². The predicted molar refractivity (Wildman–Crippen MR) is 140 cm³/mol. The Morgan fingerprint density at radius 1 is 1.09 bits per heavy atom. The lowest BCUT2D eigenvalue weighted by atomic mass is 10.2.